The first-order valence-electron chi connectivity index (χ1n) is 14.0. The number of carbonyl (C=O) groups excluding carboxylic acids is 4. The van der Waals surface area contributed by atoms with E-state index in [1.165, 1.54) is 13.8 Å². The Morgan fingerprint density at radius 3 is 2.29 bits per heavy atom. The summed E-state index contributed by atoms with van der Waals surface area (Å²) in [5, 5.41) is 24.8. The van der Waals surface area contributed by atoms with Crippen LogP contribution in [0, 0.1) is 29.1 Å². The van der Waals surface area contributed by atoms with Crippen molar-refractivity contribution in [3.63, 3.8) is 0 Å². The van der Waals surface area contributed by atoms with Crippen LogP contribution in [0.3, 0.4) is 0 Å². The average Bonchev–Trinajstić information content (AvgIpc) is 3.31. The highest BCUT2D eigenvalue weighted by Gasteiger charge is 2.87. The molecule has 0 spiro atoms. The lowest BCUT2D eigenvalue weighted by atomic mass is 9.59. The fourth-order valence-corrected chi connectivity index (χ4v) is 8.19. The van der Waals surface area contributed by atoms with Gasteiger partial charge in [0.05, 0.1) is 12.0 Å². The SMILES string of the molecule is CC(=O)OCC1=C[C@H]2[C@@H]3C(C)(C)[C@]3(OC(C)=O)[C@H](OC(=O)Cc3ccccc3)[C@@H](C)[C@]2(O)[C@@H]2C=C(C)C(=O)[C@]2(O)C1. The minimum absolute atomic E-state index is 0.0234. The molecule has 0 unspecified atom stereocenters. The Morgan fingerprint density at radius 2 is 1.68 bits per heavy atom. The molecule has 8 atom stereocenters. The third-order valence-electron chi connectivity index (χ3n) is 9.98. The molecular weight excluding hydrogens is 528 g/mol. The highest BCUT2D eigenvalue weighted by Crippen LogP contribution is 2.77. The van der Waals surface area contributed by atoms with Gasteiger partial charge in [0.15, 0.2) is 11.4 Å². The summed E-state index contributed by atoms with van der Waals surface area (Å²) < 4.78 is 17.5. The number of hydrogen-bond donors (Lipinski definition) is 2. The minimum atomic E-state index is -1.99. The molecule has 0 radical (unpaired) electrons. The van der Waals surface area contributed by atoms with Gasteiger partial charge in [0, 0.05) is 49.4 Å². The zero-order valence-electron chi connectivity index (χ0n) is 24.3. The highest BCUT2D eigenvalue weighted by atomic mass is 16.6. The summed E-state index contributed by atoms with van der Waals surface area (Å²) in [6.07, 6.45) is 2.14. The largest absolute Gasteiger partial charge is 0.461 e. The van der Waals surface area contributed by atoms with Gasteiger partial charge in [-0.2, -0.15) is 0 Å². The van der Waals surface area contributed by atoms with Crippen LogP contribution in [0.1, 0.15) is 53.5 Å². The van der Waals surface area contributed by atoms with Crippen molar-refractivity contribution < 1.29 is 43.6 Å². The first kappa shape index (κ1) is 29.2. The van der Waals surface area contributed by atoms with E-state index in [9.17, 15) is 29.4 Å². The van der Waals surface area contributed by atoms with Crippen molar-refractivity contribution in [2.75, 3.05) is 6.61 Å². The number of ketones is 1. The van der Waals surface area contributed by atoms with E-state index in [1.54, 1.807) is 38.1 Å². The van der Waals surface area contributed by atoms with Crippen molar-refractivity contribution in [2.45, 2.75) is 77.3 Å². The Morgan fingerprint density at radius 1 is 1.02 bits per heavy atom. The maximum atomic E-state index is 13.4. The third-order valence-corrected chi connectivity index (χ3v) is 9.98. The van der Waals surface area contributed by atoms with Gasteiger partial charge in [0.2, 0.25) is 0 Å². The Balaban J connectivity index is 1.64. The summed E-state index contributed by atoms with van der Waals surface area (Å²) in [5.41, 5.74) is -4.26. The summed E-state index contributed by atoms with van der Waals surface area (Å²) in [6, 6.07) is 9.09. The summed E-state index contributed by atoms with van der Waals surface area (Å²) in [6.45, 7) is 9.50. The van der Waals surface area contributed by atoms with Gasteiger partial charge in [-0.1, -0.05) is 63.3 Å². The van der Waals surface area contributed by atoms with Crippen LogP contribution in [0.15, 0.2) is 53.6 Å². The van der Waals surface area contributed by atoms with Crippen LogP contribution in [-0.4, -0.2) is 63.4 Å². The van der Waals surface area contributed by atoms with Crippen molar-refractivity contribution in [1.29, 1.82) is 0 Å². The third kappa shape index (κ3) is 4.19. The molecule has 0 aromatic heterocycles. The fraction of sp³-hybridized carbons (Fsp3) is 0.562. The highest BCUT2D eigenvalue weighted by molar-refractivity contribution is 6.04. The number of benzene rings is 1. The Kier molecular flexibility index (Phi) is 6.86. The van der Waals surface area contributed by atoms with Crippen LogP contribution < -0.4 is 0 Å². The molecule has 0 bridgehead atoms. The van der Waals surface area contributed by atoms with Crippen molar-refractivity contribution >= 4 is 23.7 Å². The second-order valence-corrected chi connectivity index (χ2v) is 12.7. The summed E-state index contributed by atoms with van der Waals surface area (Å²) in [7, 11) is 0. The number of hydrogen-bond acceptors (Lipinski definition) is 9. The number of esters is 3. The molecule has 9 nitrogen and oxygen atoms in total. The number of carbonyl (C=O) groups is 4. The molecule has 0 amide bonds. The van der Waals surface area contributed by atoms with Crippen molar-refractivity contribution in [3.05, 3.63) is 59.2 Å². The van der Waals surface area contributed by atoms with Gasteiger partial charge in [-0.15, -0.1) is 0 Å². The molecule has 5 rings (SSSR count). The van der Waals surface area contributed by atoms with Crippen LogP contribution in [0.25, 0.3) is 0 Å². The molecule has 1 aromatic carbocycles. The van der Waals surface area contributed by atoms with E-state index in [0.29, 0.717) is 11.1 Å². The zero-order valence-corrected chi connectivity index (χ0v) is 24.3. The van der Waals surface area contributed by atoms with E-state index in [4.69, 9.17) is 14.2 Å². The normalized spacial score (nSPS) is 38.2. The molecular formula is C32H38O9. The van der Waals surface area contributed by atoms with E-state index in [2.05, 4.69) is 0 Å². The standard InChI is InChI=1S/C32H38O9/c1-17-12-24-30(37,27(17)36)15-22(16-39-19(3)33)13-23-26-29(5,6)32(26,41-20(4)34)28(18(2)31(23,24)38)40-25(35)14-21-10-8-7-9-11-21/h7-13,18,23-24,26,28,37-38H,14-16H2,1-6H3/t18-,23+,24-,26-,28-,30+,31-,32-/m1/s1. The number of ether oxygens (including phenoxy) is 3. The molecule has 1 aromatic rings. The maximum absolute atomic E-state index is 13.4. The van der Waals surface area contributed by atoms with Gasteiger partial charge in [-0.3, -0.25) is 19.2 Å². The Labute approximate surface area is 239 Å². The van der Waals surface area contributed by atoms with Crippen molar-refractivity contribution in [2.24, 2.45) is 29.1 Å². The molecule has 9 heteroatoms. The maximum Gasteiger partial charge on any atom is 0.310 e. The quantitative estimate of drug-likeness (QED) is 0.303. The van der Waals surface area contributed by atoms with E-state index < -0.39 is 75.7 Å². The molecule has 2 N–H and O–H groups in total. The minimum Gasteiger partial charge on any atom is -0.461 e. The molecule has 4 aliphatic rings. The molecule has 2 saturated carbocycles. The number of aliphatic hydroxyl groups is 2. The molecule has 41 heavy (non-hydrogen) atoms. The van der Waals surface area contributed by atoms with E-state index >= 15 is 0 Å². The lowest BCUT2D eigenvalue weighted by Crippen LogP contribution is -2.66. The van der Waals surface area contributed by atoms with Crippen molar-refractivity contribution in [3.8, 4) is 0 Å². The predicted molar refractivity (Wildman–Crippen MR) is 146 cm³/mol. The Bertz CT molecular complexity index is 1360. The van der Waals surface area contributed by atoms with E-state index in [1.807, 2.05) is 32.0 Å². The Hall–Kier alpha value is -3.30. The average molecular weight is 567 g/mol. The van der Waals surface area contributed by atoms with Crippen molar-refractivity contribution in [1.82, 2.24) is 0 Å². The smallest absolute Gasteiger partial charge is 0.310 e. The molecule has 0 aliphatic heterocycles. The van der Waals surface area contributed by atoms with Gasteiger partial charge in [0.1, 0.15) is 18.3 Å². The number of Topliss-reactive ketones (excluding diaryl/α,β-unsaturated/α-hetero) is 1. The van der Waals surface area contributed by atoms with Crippen LogP contribution in [0.4, 0.5) is 0 Å². The van der Waals surface area contributed by atoms with Gasteiger partial charge >= 0.3 is 17.9 Å². The predicted octanol–water partition coefficient (Wildman–Crippen LogP) is 2.87. The topological polar surface area (TPSA) is 136 Å². The summed E-state index contributed by atoms with van der Waals surface area (Å²) in [4.78, 5) is 50.9. The summed E-state index contributed by atoms with van der Waals surface area (Å²) in [5.74, 6) is -5.32. The van der Waals surface area contributed by atoms with Crippen LogP contribution >= 0.6 is 0 Å². The zero-order chi connectivity index (χ0) is 30.1. The fourth-order valence-electron chi connectivity index (χ4n) is 8.19. The van der Waals surface area contributed by atoms with E-state index in [-0.39, 0.29) is 19.4 Å². The first-order chi connectivity index (χ1) is 19.1. The molecule has 220 valence electrons. The number of rotatable bonds is 6. The van der Waals surface area contributed by atoms with Gasteiger partial charge in [0.25, 0.3) is 0 Å². The lowest BCUT2D eigenvalue weighted by molar-refractivity contribution is -0.228. The summed E-state index contributed by atoms with van der Waals surface area (Å²) >= 11 is 0. The molecule has 4 aliphatic carbocycles. The van der Waals surface area contributed by atoms with Gasteiger partial charge < -0.3 is 24.4 Å². The van der Waals surface area contributed by atoms with E-state index in [0.717, 1.165) is 5.56 Å². The lowest BCUT2D eigenvalue weighted by Gasteiger charge is -2.53. The monoisotopic (exact) mass is 566 g/mol. The molecule has 0 saturated heterocycles. The molecule has 0 heterocycles. The second kappa shape index (κ2) is 9.63. The second-order valence-electron chi connectivity index (χ2n) is 12.7. The van der Waals surface area contributed by atoms with Crippen LogP contribution in [0.5, 0.6) is 0 Å². The van der Waals surface area contributed by atoms with Crippen LogP contribution in [-0.2, 0) is 39.8 Å². The van der Waals surface area contributed by atoms with Gasteiger partial charge in [-0.25, -0.2) is 0 Å². The molecule has 2 fully saturated rings. The van der Waals surface area contributed by atoms with Crippen LogP contribution in [0.2, 0.25) is 0 Å². The first-order valence-corrected chi connectivity index (χ1v) is 14.0. The number of fused-ring (bicyclic) bond motifs is 5. The van der Waals surface area contributed by atoms with Gasteiger partial charge in [-0.05, 0) is 23.6 Å².